The molecule has 5 heterocycles. The summed E-state index contributed by atoms with van der Waals surface area (Å²) in [6.07, 6.45) is 4.20. The summed E-state index contributed by atoms with van der Waals surface area (Å²) in [6.45, 7) is 3.62. The highest BCUT2D eigenvalue weighted by molar-refractivity contribution is 5.94. The zero-order chi connectivity index (χ0) is 24.5. The van der Waals surface area contributed by atoms with Gasteiger partial charge in [-0.2, -0.15) is 10.1 Å². The number of piperazine rings is 1. The van der Waals surface area contributed by atoms with Crippen LogP contribution in [0.5, 0.6) is 0 Å². The largest absolute Gasteiger partial charge is 0.394 e. The van der Waals surface area contributed by atoms with Crippen molar-refractivity contribution in [3.8, 4) is 0 Å². The summed E-state index contributed by atoms with van der Waals surface area (Å²) in [4.78, 5) is 36.4. The van der Waals surface area contributed by atoms with Gasteiger partial charge in [0.15, 0.2) is 0 Å². The zero-order valence-electron chi connectivity index (χ0n) is 19.6. The molecule has 3 aromatic rings. The quantitative estimate of drug-likeness (QED) is 0.364. The molecule has 0 radical (unpaired) electrons. The van der Waals surface area contributed by atoms with E-state index in [2.05, 4.69) is 25.7 Å². The molecular weight excluding hydrogens is 448 g/mol. The number of nitrogens with one attached hydrogen (secondary N) is 2. The van der Waals surface area contributed by atoms with E-state index in [-0.39, 0.29) is 47.8 Å². The van der Waals surface area contributed by atoms with Crippen LogP contribution in [0.3, 0.4) is 0 Å². The van der Waals surface area contributed by atoms with Crippen molar-refractivity contribution in [2.75, 3.05) is 30.7 Å². The highest BCUT2D eigenvalue weighted by atomic mass is 16.3. The molecule has 1 amide bonds. The van der Waals surface area contributed by atoms with Crippen LogP contribution in [0.2, 0.25) is 0 Å². The first-order valence-electron chi connectivity index (χ1n) is 12.0. The van der Waals surface area contributed by atoms with Crippen LogP contribution in [0.25, 0.3) is 10.9 Å². The first-order chi connectivity index (χ1) is 16.9. The van der Waals surface area contributed by atoms with Crippen LogP contribution in [0.1, 0.15) is 42.1 Å². The van der Waals surface area contributed by atoms with Gasteiger partial charge in [0.25, 0.3) is 11.5 Å². The molecule has 0 spiro atoms. The fraction of sp³-hybridized carbons (Fsp3) is 0.458. The molecule has 3 aliphatic rings. The Hall–Kier alpha value is -3.57. The molecule has 3 saturated heterocycles. The Morgan fingerprint density at radius 1 is 1.26 bits per heavy atom. The first-order valence-corrected chi connectivity index (χ1v) is 12.0. The van der Waals surface area contributed by atoms with Gasteiger partial charge in [-0.1, -0.05) is 25.5 Å². The van der Waals surface area contributed by atoms with Gasteiger partial charge in [0, 0.05) is 30.7 Å². The second-order valence-corrected chi connectivity index (χ2v) is 9.31. The molecule has 11 heteroatoms. The molecule has 35 heavy (non-hydrogen) atoms. The van der Waals surface area contributed by atoms with Gasteiger partial charge in [-0.25, -0.2) is 9.67 Å². The van der Waals surface area contributed by atoms with Crippen molar-refractivity contribution < 1.29 is 9.90 Å². The van der Waals surface area contributed by atoms with Crippen molar-refractivity contribution in [1.29, 1.82) is 0 Å². The van der Waals surface area contributed by atoms with Crippen molar-refractivity contribution in [2.24, 2.45) is 0 Å². The number of benzene rings is 1. The number of anilines is 2. The molecule has 0 saturated carbocycles. The van der Waals surface area contributed by atoms with Crippen LogP contribution >= 0.6 is 0 Å². The Bertz CT molecular complexity index is 1280. The van der Waals surface area contributed by atoms with Gasteiger partial charge in [-0.3, -0.25) is 9.59 Å². The van der Waals surface area contributed by atoms with Crippen molar-refractivity contribution in [3.63, 3.8) is 0 Å². The first kappa shape index (κ1) is 23.2. The lowest BCUT2D eigenvalue weighted by Crippen LogP contribution is -2.67. The average molecular weight is 479 g/mol. The van der Waals surface area contributed by atoms with E-state index in [4.69, 9.17) is 5.73 Å². The number of nitrogens with two attached hydrogens (primary N) is 1. The minimum Gasteiger partial charge on any atom is -0.394 e. The predicted molar refractivity (Wildman–Crippen MR) is 132 cm³/mol. The molecule has 5 N–H and O–H groups in total. The number of aromatic nitrogens is 4. The Balaban J connectivity index is 1.37. The summed E-state index contributed by atoms with van der Waals surface area (Å²) in [5.41, 5.74) is 7.28. The van der Waals surface area contributed by atoms with Crippen LogP contribution in [0.15, 0.2) is 35.3 Å². The summed E-state index contributed by atoms with van der Waals surface area (Å²) in [5, 5.41) is 20.8. The Kier molecular flexibility index (Phi) is 6.35. The van der Waals surface area contributed by atoms with Crippen molar-refractivity contribution in [2.45, 2.75) is 50.9 Å². The second-order valence-electron chi connectivity index (χ2n) is 9.31. The van der Waals surface area contributed by atoms with E-state index in [0.29, 0.717) is 29.6 Å². The van der Waals surface area contributed by atoms with Crippen LogP contribution < -0.4 is 21.9 Å². The SMILES string of the molecule is CCC[C@@H](CO)Nc1nc(N)nc2cnn(Cc3ccc(C(=O)N4CC5CC(C4)N5)cc3)c(=O)c12. The average Bonchev–Trinajstić information content (AvgIpc) is 2.85. The number of nitrogen functional groups attached to an aromatic ring is 1. The standard InChI is InChI=1S/C24H30N8O3/c1-2-3-16(13-33)28-21-20-19(29-24(25)30-21)9-26-32(23(20)35)10-14-4-6-15(7-5-14)22(34)31-11-17-8-18(12-31)27-17/h4-7,9,16-18,27,33H,2-3,8,10-13H2,1H3,(H3,25,28,29,30)/t16-,17?,18?/m0/s1. The van der Waals surface area contributed by atoms with Gasteiger partial charge in [-0.05, 0) is 30.5 Å². The van der Waals surface area contributed by atoms with Crippen LogP contribution in [0, 0.1) is 0 Å². The smallest absolute Gasteiger partial charge is 0.280 e. The molecule has 11 nitrogen and oxygen atoms in total. The molecule has 2 bridgehead atoms. The van der Waals surface area contributed by atoms with Crippen molar-refractivity contribution in [1.82, 2.24) is 30.0 Å². The van der Waals surface area contributed by atoms with Crippen LogP contribution in [-0.2, 0) is 6.54 Å². The summed E-state index contributed by atoms with van der Waals surface area (Å²) < 4.78 is 1.33. The van der Waals surface area contributed by atoms with E-state index in [1.54, 1.807) is 12.1 Å². The second kappa shape index (κ2) is 9.59. The number of piperidine rings is 1. The van der Waals surface area contributed by atoms with Crippen molar-refractivity contribution >= 4 is 28.6 Å². The van der Waals surface area contributed by atoms with Gasteiger partial charge < -0.3 is 26.4 Å². The maximum Gasteiger partial charge on any atom is 0.280 e. The van der Waals surface area contributed by atoms with E-state index >= 15 is 0 Å². The van der Waals surface area contributed by atoms with Gasteiger partial charge in [0.05, 0.1) is 25.4 Å². The third kappa shape index (κ3) is 4.69. The van der Waals surface area contributed by atoms with Gasteiger partial charge in [0.1, 0.15) is 16.7 Å². The topological polar surface area (TPSA) is 151 Å². The van der Waals surface area contributed by atoms with E-state index in [1.165, 1.54) is 10.9 Å². The number of amides is 1. The molecule has 1 aromatic carbocycles. The predicted octanol–water partition coefficient (Wildman–Crippen LogP) is 0.576. The lowest BCUT2D eigenvalue weighted by Gasteiger charge is -2.48. The number of hydrogen-bond acceptors (Lipinski definition) is 9. The minimum atomic E-state index is -0.363. The van der Waals surface area contributed by atoms with Crippen molar-refractivity contribution in [3.05, 3.63) is 51.9 Å². The van der Waals surface area contributed by atoms with Crippen LogP contribution in [0.4, 0.5) is 11.8 Å². The van der Waals surface area contributed by atoms with Gasteiger partial charge in [0.2, 0.25) is 5.95 Å². The fourth-order valence-corrected chi connectivity index (χ4v) is 4.86. The maximum absolute atomic E-state index is 13.3. The number of carbonyl (C=O) groups is 1. The minimum absolute atomic E-state index is 0.0224. The van der Waals surface area contributed by atoms with E-state index < -0.39 is 0 Å². The summed E-state index contributed by atoms with van der Waals surface area (Å²) >= 11 is 0. The molecule has 2 unspecified atom stereocenters. The highest BCUT2D eigenvalue weighted by Crippen LogP contribution is 2.23. The number of nitrogens with zero attached hydrogens (tertiary/aromatic N) is 5. The van der Waals surface area contributed by atoms with Gasteiger partial charge in [-0.15, -0.1) is 0 Å². The highest BCUT2D eigenvalue weighted by Gasteiger charge is 2.38. The number of hydrogen-bond donors (Lipinski definition) is 4. The Morgan fingerprint density at radius 2 is 1.97 bits per heavy atom. The summed E-state index contributed by atoms with van der Waals surface area (Å²) in [6, 6.07) is 7.85. The zero-order valence-corrected chi connectivity index (χ0v) is 19.6. The molecule has 3 atom stereocenters. The Labute approximate surface area is 202 Å². The number of carbonyl (C=O) groups excluding carboxylic acids is 1. The molecule has 2 aromatic heterocycles. The van der Waals surface area contributed by atoms with Crippen LogP contribution in [-0.4, -0.2) is 73.5 Å². The molecule has 3 fully saturated rings. The lowest BCUT2D eigenvalue weighted by molar-refractivity contribution is 0.0474. The third-order valence-electron chi connectivity index (χ3n) is 6.66. The summed E-state index contributed by atoms with van der Waals surface area (Å²) in [7, 11) is 0. The third-order valence-corrected chi connectivity index (χ3v) is 6.66. The maximum atomic E-state index is 13.3. The van der Waals surface area contributed by atoms with Gasteiger partial charge >= 0.3 is 0 Å². The number of aliphatic hydroxyl groups is 1. The fourth-order valence-electron chi connectivity index (χ4n) is 4.86. The Morgan fingerprint density at radius 3 is 2.63 bits per heavy atom. The number of aliphatic hydroxyl groups excluding tert-OH is 1. The van der Waals surface area contributed by atoms with E-state index in [9.17, 15) is 14.7 Å². The molecular formula is C24H30N8O3. The molecule has 184 valence electrons. The molecule has 6 rings (SSSR count). The monoisotopic (exact) mass is 478 g/mol. The number of rotatable bonds is 8. The molecule has 0 aliphatic carbocycles. The van der Waals surface area contributed by atoms with E-state index in [1.807, 2.05) is 24.0 Å². The normalized spacial score (nSPS) is 19.9. The lowest BCUT2D eigenvalue weighted by atomic mass is 9.91. The van der Waals surface area contributed by atoms with E-state index in [0.717, 1.165) is 31.5 Å². The number of fused-ring (bicyclic) bond motifs is 3. The summed E-state index contributed by atoms with van der Waals surface area (Å²) in [5.74, 6) is 0.343. The molecule has 3 aliphatic heterocycles.